The molecule has 0 spiro atoms. The molecule has 2 aromatic rings. The number of carbonyl (C=O) groups is 1. The quantitative estimate of drug-likeness (QED) is 0.716. The van der Waals surface area contributed by atoms with Gasteiger partial charge >= 0.3 is 6.03 Å². The zero-order valence-electron chi connectivity index (χ0n) is 17.5. The van der Waals surface area contributed by atoms with Crippen molar-refractivity contribution in [2.24, 2.45) is 0 Å². The molecule has 0 unspecified atom stereocenters. The van der Waals surface area contributed by atoms with Gasteiger partial charge in [-0.2, -0.15) is 0 Å². The van der Waals surface area contributed by atoms with Gasteiger partial charge in [-0.15, -0.1) is 0 Å². The second-order valence-electron chi connectivity index (χ2n) is 7.26. The van der Waals surface area contributed by atoms with Crippen molar-refractivity contribution in [3.05, 3.63) is 59.2 Å². The van der Waals surface area contributed by atoms with E-state index in [9.17, 15) is 4.79 Å². The normalized spacial score (nSPS) is 16.0. The van der Waals surface area contributed by atoms with E-state index < -0.39 is 0 Å². The molecule has 0 aliphatic carbocycles. The number of ether oxygens (including phenoxy) is 2. The van der Waals surface area contributed by atoms with E-state index in [1.54, 1.807) is 14.2 Å². The van der Waals surface area contributed by atoms with Crippen molar-refractivity contribution in [2.45, 2.75) is 32.4 Å². The summed E-state index contributed by atoms with van der Waals surface area (Å²) in [5.41, 5.74) is 3.69. The lowest BCUT2D eigenvalue weighted by Gasteiger charge is -2.38. The van der Waals surface area contributed by atoms with Crippen LogP contribution in [0.15, 0.2) is 42.5 Å². The van der Waals surface area contributed by atoms with Crippen molar-refractivity contribution >= 4 is 6.03 Å². The average Bonchev–Trinajstić information content (AvgIpc) is 2.76. The van der Waals surface area contributed by atoms with Gasteiger partial charge in [0.2, 0.25) is 0 Å². The number of fused-ring (bicyclic) bond motifs is 1. The van der Waals surface area contributed by atoms with E-state index in [-0.39, 0.29) is 12.1 Å². The third-order valence-electron chi connectivity index (χ3n) is 5.33. The summed E-state index contributed by atoms with van der Waals surface area (Å²) in [5, 5.41) is 5.93. The topological polar surface area (TPSA) is 62.8 Å². The molecular weight excluding hydrogens is 366 g/mol. The lowest BCUT2D eigenvalue weighted by molar-refractivity contribution is 0.170. The number of benzene rings is 2. The second kappa shape index (κ2) is 10.2. The fraction of sp³-hybridized carbons (Fsp3) is 0.435. The fourth-order valence-corrected chi connectivity index (χ4v) is 3.82. The molecule has 1 heterocycles. The van der Waals surface area contributed by atoms with E-state index >= 15 is 0 Å². The fourth-order valence-electron chi connectivity index (χ4n) is 3.82. The number of urea groups is 1. The zero-order valence-corrected chi connectivity index (χ0v) is 17.5. The molecule has 1 aliphatic rings. The van der Waals surface area contributed by atoms with Crippen LogP contribution in [0, 0.1) is 0 Å². The third-order valence-corrected chi connectivity index (χ3v) is 5.33. The first-order valence-electron chi connectivity index (χ1n) is 10.2. The molecule has 0 saturated carbocycles. The summed E-state index contributed by atoms with van der Waals surface area (Å²) in [6, 6.07) is 14.5. The van der Waals surface area contributed by atoms with Crippen LogP contribution in [0.2, 0.25) is 0 Å². The van der Waals surface area contributed by atoms with Gasteiger partial charge in [-0.25, -0.2) is 4.79 Å². The minimum absolute atomic E-state index is 0.0612. The van der Waals surface area contributed by atoms with Crippen LogP contribution in [0.4, 0.5) is 4.79 Å². The minimum Gasteiger partial charge on any atom is -0.493 e. The van der Waals surface area contributed by atoms with Gasteiger partial charge in [0, 0.05) is 26.2 Å². The van der Waals surface area contributed by atoms with Gasteiger partial charge in [-0.1, -0.05) is 37.3 Å². The van der Waals surface area contributed by atoms with Gasteiger partial charge in [-0.05, 0) is 41.7 Å². The van der Waals surface area contributed by atoms with Gasteiger partial charge in [0.05, 0.1) is 20.3 Å². The van der Waals surface area contributed by atoms with E-state index in [1.807, 2.05) is 13.0 Å². The van der Waals surface area contributed by atoms with Crippen molar-refractivity contribution in [2.75, 3.05) is 33.9 Å². The molecule has 1 aliphatic heterocycles. The molecule has 3 rings (SSSR count). The Hall–Kier alpha value is -2.73. The Balaban J connectivity index is 1.86. The molecule has 2 N–H and O–H groups in total. The Bertz CT molecular complexity index is 811. The summed E-state index contributed by atoms with van der Waals surface area (Å²) < 4.78 is 11.0. The van der Waals surface area contributed by atoms with Crippen molar-refractivity contribution < 1.29 is 14.3 Å². The number of methoxy groups -OCH3 is 2. The SMILES string of the molecule is CCCNC(=O)NC[C@@H]1c2cc(OC)c(OC)cc2CCN1Cc1ccccc1. The van der Waals surface area contributed by atoms with Crippen molar-refractivity contribution in [3.8, 4) is 11.5 Å². The highest BCUT2D eigenvalue weighted by atomic mass is 16.5. The van der Waals surface area contributed by atoms with Gasteiger partial charge < -0.3 is 20.1 Å². The summed E-state index contributed by atoms with van der Waals surface area (Å²) in [6.07, 6.45) is 1.85. The molecule has 29 heavy (non-hydrogen) atoms. The van der Waals surface area contributed by atoms with Crippen molar-refractivity contribution in [1.82, 2.24) is 15.5 Å². The van der Waals surface area contributed by atoms with Crippen LogP contribution in [-0.4, -0.2) is 44.8 Å². The maximum absolute atomic E-state index is 12.2. The lowest BCUT2D eigenvalue weighted by atomic mass is 9.91. The Morgan fingerprint density at radius 2 is 1.83 bits per heavy atom. The van der Waals surface area contributed by atoms with E-state index in [1.165, 1.54) is 16.7 Å². The lowest BCUT2D eigenvalue weighted by Crippen LogP contribution is -2.44. The maximum atomic E-state index is 12.2. The molecule has 2 aromatic carbocycles. The number of carbonyl (C=O) groups excluding carboxylic acids is 1. The number of rotatable bonds is 8. The molecule has 2 amide bonds. The molecule has 1 atom stereocenters. The van der Waals surface area contributed by atoms with E-state index in [0.717, 1.165) is 31.7 Å². The Kier molecular flexibility index (Phi) is 7.36. The number of nitrogens with zero attached hydrogens (tertiary/aromatic N) is 1. The summed E-state index contributed by atoms with van der Waals surface area (Å²) in [6.45, 7) is 4.99. The van der Waals surface area contributed by atoms with E-state index in [4.69, 9.17) is 9.47 Å². The highest BCUT2D eigenvalue weighted by Crippen LogP contribution is 2.38. The largest absolute Gasteiger partial charge is 0.493 e. The molecular formula is C23H31N3O3. The molecule has 0 bridgehead atoms. The number of nitrogens with one attached hydrogen (secondary N) is 2. The molecule has 0 fully saturated rings. The van der Waals surface area contributed by atoms with E-state index in [2.05, 4.69) is 51.9 Å². The Morgan fingerprint density at radius 1 is 1.10 bits per heavy atom. The Labute approximate surface area is 173 Å². The smallest absolute Gasteiger partial charge is 0.314 e. The van der Waals surface area contributed by atoms with Gasteiger partial charge in [0.25, 0.3) is 0 Å². The summed E-state index contributed by atoms with van der Waals surface area (Å²) in [4.78, 5) is 14.6. The molecule has 156 valence electrons. The predicted octanol–water partition coefficient (Wildman–Crippen LogP) is 3.51. The van der Waals surface area contributed by atoms with Crippen LogP contribution in [0.3, 0.4) is 0 Å². The highest BCUT2D eigenvalue weighted by Gasteiger charge is 2.29. The van der Waals surface area contributed by atoms with Crippen molar-refractivity contribution in [3.63, 3.8) is 0 Å². The van der Waals surface area contributed by atoms with Crippen molar-refractivity contribution in [1.29, 1.82) is 0 Å². The molecule has 6 heteroatoms. The molecule has 0 aromatic heterocycles. The van der Waals surface area contributed by atoms with Gasteiger partial charge in [0.15, 0.2) is 11.5 Å². The zero-order chi connectivity index (χ0) is 20.6. The van der Waals surface area contributed by atoms with Gasteiger partial charge in [0.1, 0.15) is 0 Å². The number of amides is 2. The third kappa shape index (κ3) is 5.21. The molecule has 0 radical (unpaired) electrons. The first-order chi connectivity index (χ1) is 14.2. The summed E-state index contributed by atoms with van der Waals surface area (Å²) in [5.74, 6) is 1.46. The summed E-state index contributed by atoms with van der Waals surface area (Å²) >= 11 is 0. The van der Waals surface area contributed by atoms with Crippen LogP contribution >= 0.6 is 0 Å². The number of hydrogen-bond acceptors (Lipinski definition) is 4. The average molecular weight is 398 g/mol. The van der Waals surface area contributed by atoms with E-state index in [0.29, 0.717) is 18.8 Å². The monoisotopic (exact) mass is 397 g/mol. The molecule has 0 saturated heterocycles. The maximum Gasteiger partial charge on any atom is 0.314 e. The second-order valence-corrected chi connectivity index (χ2v) is 7.26. The van der Waals surface area contributed by atoms with Crippen LogP contribution in [0.1, 0.15) is 36.1 Å². The predicted molar refractivity (Wildman–Crippen MR) is 115 cm³/mol. The Morgan fingerprint density at radius 3 is 2.52 bits per heavy atom. The van der Waals surface area contributed by atoms with Crippen LogP contribution in [0.25, 0.3) is 0 Å². The van der Waals surface area contributed by atoms with Crippen LogP contribution in [-0.2, 0) is 13.0 Å². The first kappa shape index (κ1) is 21.0. The first-order valence-corrected chi connectivity index (χ1v) is 10.2. The molecule has 6 nitrogen and oxygen atoms in total. The standard InChI is InChI=1S/C23H31N3O3/c1-4-11-24-23(27)25-15-20-19-14-22(29-3)21(28-2)13-18(19)10-12-26(20)16-17-8-6-5-7-9-17/h5-9,13-14,20H,4,10-12,15-16H2,1-3H3,(H2,24,25,27)/t20-/m1/s1. The van der Waals surface area contributed by atoms with Crippen LogP contribution in [0.5, 0.6) is 11.5 Å². The van der Waals surface area contributed by atoms with Crippen LogP contribution < -0.4 is 20.1 Å². The minimum atomic E-state index is -0.126. The highest BCUT2D eigenvalue weighted by molar-refractivity contribution is 5.73. The number of hydrogen-bond donors (Lipinski definition) is 2. The van der Waals surface area contributed by atoms with Gasteiger partial charge in [-0.3, -0.25) is 4.90 Å². The summed E-state index contributed by atoms with van der Waals surface area (Å²) in [7, 11) is 3.31.